The summed E-state index contributed by atoms with van der Waals surface area (Å²) >= 11 is 0. The summed E-state index contributed by atoms with van der Waals surface area (Å²) in [6, 6.07) is 9.44. The van der Waals surface area contributed by atoms with Gasteiger partial charge in [0.25, 0.3) is 0 Å². The van der Waals surface area contributed by atoms with Crippen molar-refractivity contribution in [3.8, 4) is 0 Å². The molecule has 2 atom stereocenters. The van der Waals surface area contributed by atoms with Gasteiger partial charge in [0.2, 0.25) is 0 Å². The van der Waals surface area contributed by atoms with Crippen molar-refractivity contribution < 1.29 is 4.84 Å². The molecule has 1 saturated heterocycles. The van der Waals surface area contributed by atoms with Crippen molar-refractivity contribution in [2.45, 2.75) is 45.1 Å². The zero-order valence-corrected chi connectivity index (χ0v) is 15.7. The molecule has 1 unspecified atom stereocenters. The number of hydrogen-bond donors (Lipinski definition) is 0. The summed E-state index contributed by atoms with van der Waals surface area (Å²) in [5.41, 5.74) is 6.76. The fourth-order valence-electron chi connectivity index (χ4n) is 5.38. The lowest BCUT2D eigenvalue weighted by Gasteiger charge is -2.46. The van der Waals surface area contributed by atoms with Crippen LogP contribution in [-0.2, 0) is 11.3 Å². The molecule has 0 amide bonds. The first kappa shape index (κ1) is 16.1. The SMILES string of the molecule is CCC/C(=N\OC)C1=CC2CCCN3CCc4c(n1c1ccccc41)[C@@H]23. The van der Waals surface area contributed by atoms with Crippen LogP contribution in [0.25, 0.3) is 16.6 Å². The number of allylic oxidation sites excluding steroid dienone is 1. The van der Waals surface area contributed by atoms with Gasteiger partial charge in [-0.15, -0.1) is 0 Å². The van der Waals surface area contributed by atoms with Gasteiger partial charge in [-0.05, 0) is 43.9 Å². The van der Waals surface area contributed by atoms with Crippen LogP contribution in [0.3, 0.4) is 0 Å². The Labute approximate surface area is 155 Å². The van der Waals surface area contributed by atoms with Crippen LogP contribution in [0.5, 0.6) is 0 Å². The van der Waals surface area contributed by atoms with Gasteiger partial charge in [0, 0.05) is 23.5 Å². The quantitative estimate of drug-likeness (QED) is 0.596. The molecule has 1 aromatic heterocycles. The first-order valence-corrected chi connectivity index (χ1v) is 10.0. The number of piperidine rings is 1. The van der Waals surface area contributed by atoms with E-state index >= 15 is 0 Å². The predicted octanol–water partition coefficient (Wildman–Crippen LogP) is 4.61. The first-order valence-electron chi connectivity index (χ1n) is 10.0. The van der Waals surface area contributed by atoms with Crippen LogP contribution in [0.1, 0.15) is 49.9 Å². The average molecular weight is 349 g/mol. The fraction of sp³-hybridized carbons (Fsp3) is 0.500. The number of fused-ring (bicyclic) bond motifs is 3. The molecule has 26 heavy (non-hydrogen) atoms. The molecular weight excluding hydrogens is 322 g/mol. The number of rotatable bonds is 4. The van der Waals surface area contributed by atoms with E-state index in [2.05, 4.69) is 51.9 Å². The van der Waals surface area contributed by atoms with Crippen molar-refractivity contribution in [3.05, 3.63) is 41.6 Å². The first-order chi connectivity index (χ1) is 12.8. The lowest BCUT2D eigenvalue weighted by atomic mass is 9.80. The molecule has 0 spiro atoms. The van der Waals surface area contributed by atoms with E-state index in [-0.39, 0.29) is 0 Å². The van der Waals surface area contributed by atoms with Gasteiger partial charge in [-0.25, -0.2) is 0 Å². The molecule has 0 bridgehead atoms. The molecule has 5 rings (SSSR count). The van der Waals surface area contributed by atoms with E-state index in [9.17, 15) is 0 Å². The standard InChI is InChI=1S/C22H27N3O/c1-3-7-18(23-26-2)20-14-15-8-6-12-24-13-11-17-16-9-4-5-10-19(16)25(20)22(17)21(15)24/h4-5,9-10,14-15,21H,3,6-8,11-13H2,1-2H3/b23-18+/t15?,21-/m1/s1. The Morgan fingerprint density at radius 1 is 1.27 bits per heavy atom. The van der Waals surface area contributed by atoms with Crippen LogP contribution in [-0.4, -0.2) is 35.4 Å². The van der Waals surface area contributed by atoms with Gasteiger partial charge in [-0.1, -0.05) is 42.8 Å². The lowest BCUT2D eigenvalue weighted by molar-refractivity contribution is 0.0978. The molecule has 0 N–H and O–H groups in total. The Morgan fingerprint density at radius 2 is 2.15 bits per heavy atom. The van der Waals surface area contributed by atoms with Crippen molar-refractivity contribution in [1.82, 2.24) is 9.47 Å². The Morgan fingerprint density at radius 3 is 3.00 bits per heavy atom. The van der Waals surface area contributed by atoms with Crippen LogP contribution in [0, 0.1) is 5.92 Å². The van der Waals surface area contributed by atoms with Crippen molar-refractivity contribution in [2.75, 3.05) is 20.2 Å². The summed E-state index contributed by atoms with van der Waals surface area (Å²) in [6.07, 6.45) is 8.25. The summed E-state index contributed by atoms with van der Waals surface area (Å²) in [5, 5.41) is 5.86. The van der Waals surface area contributed by atoms with E-state index in [1.807, 2.05) is 0 Å². The Bertz CT molecular complexity index is 907. The molecule has 3 aliphatic heterocycles. The molecule has 4 nitrogen and oxygen atoms in total. The van der Waals surface area contributed by atoms with Crippen LogP contribution in [0.4, 0.5) is 0 Å². The second kappa shape index (κ2) is 6.27. The fourth-order valence-corrected chi connectivity index (χ4v) is 5.38. The van der Waals surface area contributed by atoms with Gasteiger partial charge in [0.05, 0.1) is 17.3 Å². The van der Waals surface area contributed by atoms with E-state index < -0.39 is 0 Å². The zero-order valence-electron chi connectivity index (χ0n) is 15.7. The minimum Gasteiger partial charge on any atom is -0.399 e. The summed E-state index contributed by atoms with van der Waals surface area (Å²) in [5.74, 6) is 0.591. The largest absolute Gasteiger partial charge is 0.399 e. The zero-order chi connectivity index (χ0) is 17.7. The third kappa shape index (κ3) is 2.21. The highest BCUT2D eigenvalue weighted by atomic mass is 16.6. The van der Waals surface area contributed by atoms with Gasteiger partial charge >= 0.3 is 0 Å². The van der Waals surface area contributed by atoms with Crippen molar-refractivity contribution in [2.24, 2.45) is 11.1 Å². The average Bonchev–Trinajstić information content (AvgIpc) is 3.02. The number of nitrogens with zero attached hydrogens (tertiary/aromatic N) is 3. The van der Waals surface area contributed by atoms with Gasteiger partial charge in [0.15, 0.2) is 0 Å². The lowest BCUT2D eigenvalue weighted by Crippen LogP contribution is -2.45. The summed E-state index contributed by atoms with van der Waals surface area (Å²) < 4.78 is 2.51. The molecule has 3 aliphatic rings. The maximum atomic E-state index is 5.24. The number of oxime groups is 1. The molecule has 2 aromatic rings. The summed E-state index contributed by atoms with van der Waals surface area (Å²) in [4.78, 5) is 7.95. The van der Waals surface area contributed by atoms with E-state index in [0.717, 1.165) is 25.0 Å². The highest BCUT2D eigenvalue weighted by Crippen LogP contribution is 2.49. The van der Waals surface area contributed by atoms with E-state index in [1.54, 1.807) is 12.7 Å². The highest BCUT2D eigenvalue weighted by Gasteiger charge is 2.42. The van der Waals surface area contributed by atoms with Gasteiger partial charge < -0.3 is 9.40 Å². The van der Waals surface area contributed by atoms with Gasteiger partial charge in [-0.2, -0.15) is 0 Å². The Balaban J connectivity index is 1.80. The van der Waals surface area contributed by atoms with Crippen molar-refractivity contribution in [3.63, 3.8) is 0 Å². The smallest absolute Gasteiger partial charge is 0.106 e. The third-order valence-corrected chi connectivity index (χ3v) is 6.33. The highest BCUT2D eigenvalue weighted by molar-refractivity contribution is 6.20. The molecule has 4 heterocycles. The molecule has 1 aromatic carbocycles. The van der Waals surface area contributed by atoms with Crippen LogP contribution in [0.2, 0.25) is 0 Å². The monoisotopic (exact) mass is 349 g/mol. The second-order valence-corrected chi connectivity index (χ2v) is 7.78. The minimum absolute atomic E-state index is 0.536. The van der Waals surface area contributed by atoms with Gasteiger partial charge in [0.1, 0.15) is 12.8 Å². The molecule has 136 valence electrons. The van der Waals surface area contributed by atoms with E-state index in [0.29, 0.717) is 12.0 Å². The second-order valence-electron chi connectivity index (χ2n) is 7.78. The third-order valence-electron chi connectivity index (χ3n) is 6.33. The number of hydrogen-bond acceptors (Lipinski definition) is 3. The molecule has 0 aliphatic carbocycles. The summed E-state index contributed by atoms with van der Waals surface area (Å²) in [7, 11) is 1.66. The predicted molar refractivity (Wildman–Crippen MR) is 106 cm³/mol. The molecule has 0 saturated carbocycles. The van der Waals surface area contributed by atoms with Crippen LogP contribution >= 0.6 is 0 Å². The minimum atomic E-state index is 0.536. The maximum absolute atomic E-state index is 5.24. The van der Waals surface area contributed by atoms with E-state index in [1.165, 1.54) is 48.2 Å². The maximum Gasteiger partial charge on any atom is 0.106 e. The molecular formula is C22H27N3O. The summed E-state index contributed by atoms with van der Waals surface area (Å²) in [6.45, 7) is 4.64. The number of aromatic nitrogens is 1. The Hall–Kier alpha value is -2.07. The normalized spacial score (nSPS) is 25.2. The Kier molecular flexibility index (Phi) is 3.89. The van der Waals surface area contributed by atoms with E-state index in [4.69, 9.17) is 4.84 Å². The molecule has 4 heteroatoms. The van der Waals surface area contributed by atoms with Crippen molar-refractivity contribution in [1.29, 1.82) is 0 Å². The number of para-hydroxylation sites is 1. The topological polar surface area (TPSA) is 29.8 Å². The molecule has 0 radical (unpaired) electrons. The van der Waals surface area contributed by atoms with Crippen LogP contribution < -0.4 is 0 Å². The van der Waals surface area contributed by atoms with Crippen molar-refractivity contribution >= 4 is 22.3 Å². The molecule has 1 fully saturated rings. The van der Waals surface area contributed by atoms with Gasteiger partial charge in [-0.3, -0.25) is 4.90 Å². The number of benzene rings is 1. The van der Waals surface area contributed by atoms with Crippen LogP contribution in [0.15, 0.2) is 35.5 Å².